The predicted molar refractivity (Wildman–Crippen MR) is 74.7 cm³/mol. The van der Waals surface area contributed by atoms with Crippen LogP contribution in [0.1, 0.15) is 29.0 Å². The zero-order valence-corrected chi connectivity index (χ0v) is 11.2. The van der Waals surface area contributed by atoms with E-state index in [1.165, 1.54) is 11.1 Å². The van der Waals surface area contributed by atoms with Gasteiger partial charge in [0.25, 0.3) is 0 Å². The highest BCUT2D eigenvalue weighted by molar-refractivity contribution is 6.33. The number of aryl methyl sites for hydroxylation is 1. The third-order valence-corrected chi connectivity index (χ3v) is 4.12. The van der Waals surface area contributed by atoms with Gasteiger partial charge in [0, 0.05) is 16.0 Å². The first-order valence-corrected chi connectivity index (χ1v) is 6.67. The van der Waals surface area contributed by atoms with Gasteiger partial charge >= 0.3 is 0 Å². The monoisotopic (exact) mass is 278 g/mol. The summed E-state index contributed by atoms with van der Waals surface area (Å²) in [6, 6.07) is 11.1. The van der Waals surface area contributed by atoms with Gasteiger partial charge in [0.15, 0.2) is 0 Å². The average molecular weight is 279 g/mol. The molecule has 0 amide bonds. The molecular weight excluding hydrogens is 267 g/mol. The van der Waals surface area contributed by atoms with Crippen LogP contribution in [0.3, 0.4) is 0 Å². The van der Waals surface area contributed by atoms with E-state index in [-0.39, 0.29) is 5.92 Å². The van der Waals surface area contributed by atoms with Crippen molar-refractivity contribution >= 4 is 23.2 Å². The fourth-order valence-electron chi connectivity index (χ4n) is 2.69. The van der Waals surface area contributed by atoms with Crippen molar-refractivity contribution in [3.63, 3.8) is 0 Å². The lowest BCUT2D eigenvalue weighted by molar-refractivity contribution is 0.474. The molecule has 0 heterocycles. The molecule has 3 rings (SSSR count). The van der Waals surface area contributed by atoms with Crippen LogP contribution in [0.25, 0.3) is 0 Å². The Kier molecular flexibility index (Phi) is 2.96. The summed E-state index contributed by atoms with van der Waals surface area (Å²) in [6.45, 7) is 0. The lowest BCUT2D eigenvalue weighted by Crippen LogP contribution is -1.97. The molecule has 1 aliphatic rings. The molecule has 2 aromatic rings. The van der Waals surface area contributed by atoms with Gasteiger partial charge in [-0.15, -0.1) is 0 Å². The predicted octanol–water partition coefficient (Wildman–Crippen LogP) is 4.78. The first kappa shape index (κ1) is 11.9. The molecule has 0 aliphatic heterocycles. The topological polar surface area (TPSA) is 20.2 Å². The highest BCUT2D eigenvalue weighted by Crippen LogP contribution is 2.42. The van der Waals surface area contributed by atoms with Crippen LogP contribution in [-0.4, -0.2) is 5.11 Å². The van der Waals surface area contributed by atoms with E-state index in [9.17, 15) is 5.11 Å². The third-order valence-electron chi connectivity index (χ3n) is 3.54. The first-order chi connectivity index (χ1) is 8.65. The summed E-state index contributed by atoms with van der Waals surface area (Å²) in [7, 11) is 0. The van der Waals surface area contributed by atoms with E-state index in [2.05, 4.69) is 0 Å². The molecule has 1 unspecified atom stereocenters. The van der Waals surface area contributed by atoms with E-state index in [4.69, 9.17) is 23.2 Å². The maximum absolute atomic E-state index is 9.63. The van der Waals surface area contributed by atoms with Crippen LogP contribution >= 0.6 is 23.2 Å². The van der Waals surface area contributed by atoms with Gasteiger partial charge < -0.3 is 5.11 Å². The number of halogens is 2. The summed E-state index contributed by atoms with van der Waals surface area (Å²) in [4.78, 5) is 0. The van der Waals surface area contributed by atoms with Crippen molar-refractivity contribution in [3.8, 4) is 5.75 Å². The molecule has 18 heavy (non-hydrogen) atoms. The molecule has 1 atom stereocenters. The molecule has 2 aromatic carbocycles. The van der Waals surface area contributed by atoms with Gasteiger partial charge in [-0.25, -0.2) is 0 Å². The Labute approximate surface area is 116 Å². The van der Waals surface area contributed by atoms with Crippen molar-refractivity contribution in [1.29, 1.82) is 0 Å². The average Bonchev–Trinajstić information content (AvgIpc) is 2.75. The fraction of sp³-hybridized carbons (Fsp3) is 0.200. The molecule has 92 valence electrons. The Balaban J connectivity index is 2.11. The van der Waals surface area contributed by atoms with Gasteiger partial charge in [-0.3, -0.25) is 0 Å². The highest BCUT2D eigenvalue weighted by Gasteiger charge is 2.26. The minimum Gasteiger partial charge on any atom is -0.508 e. The number of fused-ring (bicyclic) bond motifs is 1. The lowest BCUT2D eigenvalue weighted by Gasteiger charge is -2.14. The summed E-state index contributed by atoms with van der Waals surface area (Å²) in [6.07, 6.45) is 2.03. The maximum Gasteiger partial charge on any atom is 0.115 e. The molecular formula is C15H12Cl2O. The van der Waals surface area contributed by atoms with Crippen LogP contribution in [0.15, 0.2) is 36.4 Å². The number of hydrogen-bond donors (Lipinski definition) is 1. The van der Waals surface area contributed by atoms with Crippen LogP contribution in [0.2, 0.25) is 10.0 Å². The third kappa shape index (κ3) is 1.98. The van der Waals surface area contributed by atoms with Crippen molar-refractivity contribution in [1.82, 2.24) is 0 Å². The van der Waals surface area contributed by atoms with Crippen molar-refractivity contribution < 1.29 is 5.11 Å². The number of phenolic OH excluding ortho intramolecular Hbond substituents is 1. The van der Waals surface area contributed by atoms with Gasteiger partial charge in [-0.2, -0.15) is 0 Å². The zero-order chi connectivity index (χ0) is 12.7. The number of hydrogen-bond acceptors (Lipinski definition) is 1. The molecule has 0 aromatic heterocycles. The molecule has 0 radical (unpaired) electrons. The molecule has 1 nitrogen and oxygen atoms in total. The summed E-state index contributed by atoms with van der Waals surface area (Å²) in [5.74, 6) is 0.539. The van der Waals surface area contributed by atoms with Gasteiger partial charge in [0.1, 0.15) is 5.75 Å². The maximum atomic E-state index is 9.63. The molecule has 0 fully saturated rings. The Hall–Kier alpha value is -1.18. The normalized spacial score (nSPS) is 17.8. The molecule has 0 bridgehead atoms. The standard InChI is InChI=1S/C15H12Cl2O/c16-10-3-6-15(17)14(7-10)12-5-2-9-1-4-11(18)8-13(9)12/h1,3-4,6-8,12,18H,2,5H2. The molecule has 1 N–H and O–H groups in total. The molecule has 1 aliphatic carbocycles. The molecule has 3 heteroatoms. The van der Waals surface area contributed by atoms with Crippen LogP contribution < -0.4 is 0 Å². The first-order valence-electron chi connectivity index (χ1n) is 5.92. The molecule has 0 saturated carbocycles. The van der Waals surface area contributed by atoms with Gasteiger partial charge in [0.2, 0.25) is 0 Å². The van der Waals surface area contributed by atoms with Crippen LogP contribution in [0.4, 0.5) is 0 Å². The Morgan fingerprint density at radius 1 is 1.00 bits per heavy atom. The second-order valence-corrected chi connectivity index (χ2v) is 5.48. The van der Waals surface area contributed by atoms with Crippen LogP contribution in [0, 0.1) is 0 Å². The van der Waals surface area contributed by atoms with Crippen molar-refractivity contribution in [2.75, 3.05) is 0 Å². The minimum absolute atomic E-state index is 0.235. The van der Waals surface area contributed by atoms with E-state index in [0.29, 0.717) is 10.8 Å². The molecule has 0 saturated heterocycles. The lowest BCUT2D eigenvalue weighted by atomic mass is 9.93. The van der Waals surface area contributed by atoms with Crippen LogP contribution in [0.5, 0.6) is 5.75 Å². The van der Waals surface area contributed by atoms with Gasteiger partial charge in [-0.1, -0.05) is 29.3 Å². The van der Waals surface area contributed by atoms with Crippen LogP contribution in [-0.2, 0) is 6.42 Å². The number of phenols is 1. The summed E-state index contributed by atoms with van der Waals surface area (Å²) in [5.41, 5.74) is 3.50. The smallest absolute Gasteiger partial charge is 0.115 e. The van der Waals surface area contributed by atoms with Crippen molar-refractivity contribution in [3.05, 3.63) is 63.1 Å². The largest absolute Gasteiger partial charge is 0.508 e. The quantitative estimate of drug-likeness (QED) is 0.796. The zero-order valence-electron chi connectivity index (χ0n) is 9.66. The SMILES string of the molecule is Oc1ccc2c(c1)C(c1cc(Cl)ccc1Cl)CC2. The summed E-state index contributed by atoms with van der Waals surface area (Å²) in [5, 5.41) is 11.1. The van der Waals surface area contributed by atoms with Crippen molar-refractivity contribution in [2.24, 2.45) is 0 Å². The number of benzene rings is 2. The van der Waals surface area contributed by atoms with Gasteiger partial charge in [-0.05, 0) is 59.9 Å². The Morgan fingerprint density at radius 3 is 2.67 bits per heavy atom. The highest BCUT2D eigenvalue weighted by atomic mass is 35.5. The Bertz CT molecular complexity index is 607. The number of aromatic hydroxyl groups is 1. The van der Waals surface area contributed by atoms with E-state index >= 15 is 0 Å². The fourth-order valence-corrected chi connectivity index (χ4v) is 3.12. The van der Waals surface area contributed by atoms with Crippen molar-refractivity contribution in [2.45, 2.75) is 18.8 Å². The van der Waals surface area contributed by atoms with E-state index in [1.807, 2.05) is 24.3 Å². The van der Waals surface area contributed by atoms with E-state index < -0.39 is 0 Å². The summed E-state index contributed by atoms with van der Waals surface area (Å²) < 4.78 is 0. The second kappa shape index (κ2) is 4.49. The molecule has 0 spiro atoms. The van der Waals surface area contributed by atoms with E-state index in [0.717, 1.165) is 23.4 Å². The second-order valence-electron chi connectivity index (χ2n) is 4.64. The van der Waals surface area contributed by atoms with Gasteiger partial charge in [0.05, 0.1) is 0 Å². The van der Waals surface area contributed by atoms with E-state index in [1.54, 1.807) is 12.1 Å². The summed E-state index contributed by atoms with van der Waals surface area (Å²) >= 11 is 12.3. The minimum atomic E-state index is 0.235. The Morgan fingerprint density at radius 2 is 1.83 bits per heavy atom. The number of rotatable bonds is 1.